The van der Waals surface area contributed by atoms with Gasteiger partial charge in [0.1, 0.15) is 5.82 Å². The minimum Gasteiger partial charge on any atom is -0.313 e. The van der Waals surface area contributed by atoms with E-state index in [2.05, 4.69) is 19.2 Å². The molecule has 1 aromatic carbocycles. The van der Waals surface area contributed by atoms with Gasteiger partial charge in [-0.25, -0.2) is 4.39 Å². The number of hydrogen-bond donors (Lipinski definition) is 1. The molecular formula is C13H18FN. The van der Waals surface area contributed by atoms with Gasteiger partial charge in [-0.3, -0.25) is 0 Å². The lowest BCUT2D eigenvalue weighted by Gasteiger charge is -2.19. The topological polar surface area (TPSA) is 12.0 Å². The second-order valence-corrected chi connectivity index (χ2v) is 4.41. The van der Waals surface area contributed by atoms with E-state index in [0.29, 0.717) is 17.9 Å². The van der Waals surface area contributed by atoms with Crippen molar-refractivity contribution in [2.24, 2.45) is 5.92 Å². The normalized spacial score (nSPS) is 29.2. The van der Waals surface area contributed by atoms with Gasteiger partial charge in [0.15, 0.2) is 0 Å². The number of fused-ring (bicyclic) bond motifs is 1. The smallest absolute Gasteiger partial charge is 0.123 e. The third-order valence-electron chi connectivity index (χ3n) is 3.69. The van der Waals surface area contributed by atoms with E-state index in [0.717, 1.165) is 12.0 Å². The molecule has 0 radical (unpaired) electrons. The van der Waals surface area contributed by atoms with Crippen LogP contribution in [0.1, 0.15) is 43.4 Å². The zero-order chi connectivity index (χ0) is 11.0. The molecule has 0 aromatic heterocycles. The fourth-order valence-electron chi connectivity index (χ4n) is 2.96. The standard InChI is InChI=1S/C13H18FN/c1-4-10-8(2)13(15-3)12-7-9(14)5-6-11(10)12/h5-8,10,13,15H,4H2,1-3H3. The first-order chi connectivity index (χ1) is 7.19. The van der Waals surface area contributed by atoms with Gasteiger partial charge >= 0.3 is 0 Å². The van der Waals surface area contributed by atoms with Crippen LogP contribution < -0.4 is 5.32 Å². The first kappa shape index (κ1) is 10.6. The van der Waals surface area contributed by atoms with Crippen molar-refractivity contribution in [3.8, 4) is 0 Å². The molecule has 1 aromatic rings. The van der Waals surface area contributed by atoms with E-state index in [-0.39, 0.29) is 5.82 Å². The van der Waals surface area contributed by atoms with Crippen LogP contribution >= 0.6 is 0 Å². The molecule has 1 aliphatic carbocycles. The number of hydrogen-bond acceptors (Lipinski definition) is 1. The molecule has 3 unspecified atom stereocenters. The Morgan fingerprint density at radius 2 is 2.07 bits per heavy atom. The van der Waals surface area contributed by atoms with Crippen LogP contribution in [0.25, 0.3) is 0 Å². The number of rotatable bonds is 2. The second-order valence-electron chi connectivity index (χ2n) is 4.41. The summed E-state index contributed by atoms with van der Waals surface area (Å²) in [7, 11) is 1.95. The summed E-state index contributed by atoms with van der Waals surface area (Å²) < 4.78 is 13.2. The maximum atomic E-state index is 13.2. The van der Waals surface area contributed by atoms with E-state index in [1.807, 2.05) is 13.1 Å². The molecule has 1 aliphatic rings. The highest BCUT2D eigenvalue weighted by molar-refractivity contribution is 5.39. The van der Waals surface area contributed by atoms with Crippen LogP contribution in [0.3, 0.4) is 0 Å². The maximum absolute atomic E-state index is 13.2. The lowest BCUT2D eigenvalue weighted by molar-refractivity contribution is 0.380. The fourth-order valence-corrected chi connectivity index (χ4v) is 2.96. The minimum atomic E-state index is -0.127. The van der Waals surface area contributed by atoms with E-state index < -0.39 is 0 Å². The van der Waals surface area contributed by atoms with Gasteiger partial charge < -0.3 is 5.32 Å². The van der Waals surface area contributed by atoms with Crippen LogP contribution in [-0.2, 0) is 0 Å². The van der Waals surface area contributed by atoms with E-state index >= 15 is 0 Å². The van der Waals surface area contributed by atoms with Gasteiger partial charge in [-0.15, -0.1) is 0 Å². The van der Waals surface area contributed by atoms with Crippen LogP contribution in [0.2, 0.25) is 0 Å². The van der Waals surface area contributed by atoms with Crippen LogP contribution in [0.15, 0.2) is 18.2 Å². The zero-order valence-corrected chi connectivity index (χ0v) is 9.55. The Balaban J connectivity index is 2.48. The third-order valence-corrected chi connectivity index (χ3v) is 3.69. The molecule has 1 nitrogen and oxygen atoms in total. The zero-order valence-electron chi connectivity index (χ0n) is 9.55. The number of halogens is 1. The Bertz CT molecular complexity index is 362. The quantitative estimate of drug-likeness (QED) is 0.785. The molecule has 0 saturated carbocycles. The van der Waals surface area contributed by atoms with Gasteiger partial charge in [-0.2, -0.15) is 0 Å². The highest BCUT2D eigenvalue weighted by Gasteiger charge is 2.35. The van der Waals surface area contributed by atoms with Crippen molar-refractivity contribution in [1.82, 2.24) is 5.32 Å². The van der Waals surface area contributed by atoms with Crippen LogP contribution in [0.4, 0.5) is 4.39 Å². The molecular weight excluding hydrogens is 189 g/mol. The van der Waals surface area contributed by atoms with Crippen molar-refractivity contribution >= 4 is 0 Å². The van der Waals surface area contributed by atoms with Gasteiger partial charge in [-0.05, 0) is 48.6 Å². The molecule has 1 N–H and O–H groups in total. The van der Waals surface area contributed by atoms with Crippen LogP contribution in [-0.4, -0.2) is 7.05 Å². The van der Waals surface area contributed by atoms with Crippen LogP contribution in [0.5, 0.6) is 0 Å². The summed E-state index contributed by atoms with van der Waals surface area (Å²) in [5, 5.41) is 3.29. The van der Waals surface area contributed by atoms with E-state index in [9.17, 15) is 4.39 Å². The first-order valence-electron chi connectivity index (χ1n) is 5.65. The molecule has 0 heterocycles. The summed E-state index contributed by atoms with van der Waals surface area (Å²) in [6.07, 6.45) is 1.12. The summed E-state index contributed by atoms with van der Waals surface area (Å²) in [6, 6.07) is 5.52. The number of benzene rings is 1. The Hall–Kier alpha value is -0.890. The average Bonchev–Trinajstić information content (AvgIpc) is 2.48. The van der Waals surface area contributed by atoms with Gasteiger partial charge in [-0.1, -0.05) is 19.9 Å². The molecule has 0 aliphatic heterocycles. The summed E-state index contributed by atoms with van der Waals surface area (Å²) in [5.41, 5.74) is 2.47. The van der Waals surface area contributed by atoms with Crippen molar-refractivity contribution in [1.29, 1.82) is 0 Å². The molecule has 82 valence electrons. The van der Waals surface area contributed by atoms with Crippen molar-refractivity contribution in [2.45, 2.75) is 32.2 Å². The van der Waals surface area contributed by atoms with Gasteiger partial charge in [0.05, 0.1) is 0 Å². The van der Waals surface area contributed by atoms with Crippen molar-refractivity contribution in [3.05, 3.63) is 35.1 Å². The molecule has 0 saturated heterocycles. The lowest BCUT2D eigenvalue weighted by Crippen LogP contribution is -2.20. The third kappa shape index (κ3) is 1.57. The van der Waals surface area contributed by atoms with E-state index in [4.69, 9.17) is 0 Å². The monoisotopic (exact) mass is 207 g/mol. The van der Waals surface area contributed by atoms with Crippen molar-refractivity contribution in [3.63, 3.8) is 0 Å². The minimum absolute atomic E-state index is 0.127. The molecule has 15 heavy (non-hydrogen) atoms. The second kappa shape index (κ2) is 3.93. The largest absolute Gasteiger partial charge is 0.313 e. The molecule has 0 spiro atoms. The maximum Gasteiger partial charge on any atom is 0.123 e. The van der Waals surface area contributed by atoms with Gasteiger partial charge in [0.2, 0.25) is 0 Å². The summed E-state index contributed by atoms with van der Waals surface area (Å²) in [5.74, 6) is 0.993. The predicted octanol–water partition coefficient (Wildman–Crippen LogP) is 3.23. The SMILES string of the molecule is CCC1c2ccc(F)cc2C(NC)C1C. The Morgan fingerprint density at radius 3 is 2.67 bits per heavy atom. The fraction of sp³-hybridized carbons (Fsp3) is 0.538. The molecule has 0 amide bonds. The Kier molecular flexibility index (Phi) is 2.79. The molecule has 0 bridgehead atoms. The molecule has 2 rings (SSSR count). The molecule has 3 atom stereocenters. The summed E-state index contributed by atoms with van der Waals surface area (Å²) in [4.78, 5) is 0. The summed E-state index contributed by atoms with van der Waals surface area (Å²) >= 11 is 0. The molecule has 2 heteroatoms. The highest BCUT2D eigenvalue weighted by atomic mass is 19.1. The average molecular weight is 207 g/mol. The number of nitrogens with one attached hydrogen (secondary N) is 1. The van der Waals surface area contributed by atoms with E-state index in [1.165, 1.54) is 5.56 Å². The van der Waals surface area contributed by atoms with Crippen molar-refractivity contribution in [2.75, 3.05) is 7.05 Å². The molecule has 0 fully saturated rings. The first-order valence-corrected chi connectivity index (χ1v) is 5.65. The highest BCUT2D eigenvalue weighted by Crippen LogP contribution is 2.46. The summed E-state index contributed by atoms with van der Waals surface area (Å²) in [6.45, 7) is 4.44. The van der Waals surface area contributed by atoms with Gasteiger partial charge in [0.25, 0.3) is 0 Å². The van der Waals surface area contributed by atoms with Crippen molar-refractivity contribution < 1.29 is 4.39 Å². The Morgan fingerprint density at radius 1 is 1.33 bits per heavy atom. The lowest BCUT2D eigenvalue weighted by atomic mass is 9.90. The van der Waals surface area contributed by atoms with E-state index in [1.54, 1.807) is 12.1 Å². The Labute approximate surface area is 90.7 Å². The predicted molar refractivity (Wildman–Crippen MR) is 60.4 cm³/mol. The van der Waals surface area contributed by atoms with Gasteiger partial charge in [0, 0.05) is 6.04 Å². The van der Waals surface area contributed by atoms with Crippen LogP contribution in [0, 0.1) is 11.7 Å².